The fourth-order valence-electron chi connectivity index (χ4n) is 3.02. The van der Waals surface area contributed by atoms with Gasteiger partial charge in [-0.1, -0.05) is 29.8 Å². The smallest absolute Gasteiger partial charge is 0.381 e. The Bertz CT molecular complexity index is 991. The number of carbonyl (C=O) groups is 1. The molecule has 0 aliphatic heterocycles. The summed E-state index contributed by atoms with van der Waals surface area (Å²) in [5.41, 5.74) is -5.19. The van der Waals surface area contributed by atoms with Crippen molar-refractivity contribution in [2.24, 2.45) is 5.92 Å². The molecule has 0 heterocycles. The van der Waals surface area contributed by atoms with Gasteiger partial charge in [0, 0.05) is 23.2 Å². The second-order valence-corrected chi connectivity index (χ2v) is 8.00. The van der Waals surface area contributed by atoms with E-state index in [0.717, 1.165) is 25.0 Å². The van der Waals surface area contributed by atoms with Gasteiger partial charge >= 0.3 is 12.4 Å². The summed E-state index contributed by atoms with van der Waals surface area (Å²) in [5.74, 6) is -0.0924. The highest BCUT2D eigenvalue weighted by Gasteiger charge is 2.55. The molecular formula is C21H19ClF6N2O2. The Kier molecular flexibility index (Phi) is 6.67. The lowest BCUT2D eigenvalue weighted by atomic mass is 9.91. The molecule has 1 saturated carbocycles. The Balaban J connectivity index is 1.76. The Morgan fingerprint density at radius 1 is 1.03 bits per heavy atom. The van der Waals surface area contributed by atoms with E-state index < -0.39 is 35.6 Å². The van der Waals surface area contributed by atoms with Gasteiger partial charge in [-0.3, -0.25) is 4.79 Å². The van der Waals surface area contributed by atoms with E-state index in [2.05, 4.69) is 10.6 Å². The zero-order chi connectivity index (χ0) is 23.7. The maximum Gasteiger partial charge on any atom is 0.423 e. The molecular weight excluding hydrogens is 462 g/mol. The normalized spacial score (nSPS) is 16.4. The van der Waals surface area contributed by atoms with Crippen molar-refractivity contribution in [2.45, 2.75) is 37.3 Å². The predicted molar refractivity (Wildman–Crippen MR) is 106 cm³/mol. The molecule has 1 aliphatic carbocycles. The maximum atomic E-state index is 13.7. The third-order valence-corrected chi connectivity index (χ3v) is 5.49. The molecule has 1 amide bonds. The number of aliphatic hydroxyl groups is 1. The largest absolute Gasteiger partial charge is 0.423 e. The van der Waals surface area contributed by atoms with Crippen molar-refractivity contribution in [3.8, 4) is 0 Å². The molecule has 0 spiro atoms. The minimum absolute atomic E-state index is 0.00519. The van der Waals surface area contributed by atoms with E-state index in [1.807, 2.05) is 0 Å². The summed E-state index contributed by atoms with van der Waals surface area (Å²) >= 11 is 6.13. The number of amides is 1. The van der Waals surface area contributed by atoms with Crippen LogP contribution in [-0.4, -0.2) is 23.7 Å². The first-order chi connectivity index (χ1) is 14.8. The van der Waals surface area contributed by atoms with Gasteiger partial charge < -0.3 is 15.7 Å². The minimum atomic E-state index is -5.26. The van der Waals surface area contributed by atoms with Crippen LogP contribution in [0.1, 0.15) is 29.5 Å². The molecule has 2 aromatic carbocycles. The van der Waals surface area contributed by atoms with Crippen molar-refractivity contribution in [3.05, 3.63) is 64.2 Å². The minimum Gasteiger partial charge on any atom is -0.381 e. The van der Waals surface area contributed by atoms with Crippen molar-refractivity contribution in [2.75, 3.05) is 11.9 Å². The molecule has 174 valence electrons. The number of hydrogen-bond donors (Lipinski definition) is 3. The Morgan fingerprint density at radius 2 is 1.69 bits per heavy atom. The van der Waals surface area contributed by atoms with Crippen LogP contribution in [0.15, 0.2) is 42.5 Å². The van der Waals surface area contributed by atoms with Crippen LogP contribution in [-0.2, 0) is 23.1 Å². The predicted octanol–water partition coefficient (Wildman–Crippen LogP) is 5.25. The highest BCUT2D eigenvalue weighted by Crippen LogP contribution is 2.41. The van der Waals surface area contributed by atoms with Crippen molar-refractivity contribution in [1.82, 2.24) is 5.32 Å². The Hall–Kier alpha value is -2.46. The van der Waals surface area contributed by atoms with Crippen LogP contribution in [0.3, 0.4) is 0 Å². The first-order valence-corrected chi connectivity index (χ1v) is 9.96. The molecule has 32 heavy (non-hydrogen) atoms. The van der Waals surface area contributed by atoms with E-state index in [1.54, 1.807) is 0 Å². The molecule has 0 bridgehead atoms. The van der Waals surface area contributed by atoms with Crippen molar-refractivity contribution in [1.29, 1.82) is 0 Å². The monoisotopic (exact) mass is 480 g/mol. The molecule has 0 saturated heterocycles. The number of alkyl halides is 6. The molecule has 0 radical (unpaired) electrons. The third-order valence-electron chi connectivity index (χ3n) is 5.14. The average molecular weight is 481 g/mol. The van der Waals surface area contributed by atoms with E-state index in [4.69, 9.17) is 11.6 Å². The second-order valence-electron chi connectivity index (χ2n) is 7.59. The first kappa shape index (κ1) is 24.2. The van der Waals surface area contributed by atoms with Crippen molar-refractivity contribution in [3.63, 3.8) is 0 Å². The van der Waals surface area contributed by atoms with Gasteiger partial charge in [-0.25, -0.2) is 0 Å². The second kappa shape index (κ2) is 8.82. The van der Waals surface area contributed by atoms with Crippen LogP contribution < -0.4 is 10.6 Å². The van der Waals surface area contributed by atoms with Gasteiger partial charge in [0.25, 0.3) is 0 Å². The number of benzene rings is 2. The molecule has 0 aromatic heterocycles. The zero-order valence-electron chi connectivity index (χ0n) is 16.4. The van der Waals surface area contributed by atoms with Crippen LogP contribution in [0, 0.1) is 5.92 Å². The summed E-state index contributed by atoms with van der Waals surface area (Å²) < 4.78 is 79.8. The highest BCUT2D eigenvalue weighted by molar-refractivity contribution is 6.31. The molecule has 1 atom stereocenters. The quantitative estimate of drug-likeness (QED) is 0.475. The summed E-state index contributed by atoms with van der Waals surface area (Å²) in [6.07, 6.45) is -8.47. The summed E-state index contributed by atoms with van der Waals surface area (Å²) in [4.78, 5) is 11.7. The van der Waals surface area contributed by atoms with Gasteiger partial charge in [-0.05, 0) is 48.2 Å². The molecule has 11 heteroatoms. The fraction of sp³-hybridized carbons (Fsp3) is 0.381. The van der Waals surface area contributed by atoms with E-state index >= 15 is 0 Å². The summed E-state index contributed by atoms with van der Waals surface area (Å²) in [6.45, 7) is -1.00. The number of carbonyl (C=O) groups excluding carboxylic acids is 1. The average Bonchev–Trinajstić information content (AvgIpc) is 3.55. The van der Waals surface area contributed by atoms with Gasteiger partial charge in [-0.15, -0.1) is 0 Å². The molecule has 4 nitrogen and oxygen atoms in total. The summed E-state index contributed by atoms with van der Waals surface area (Å²) in [6, 6.07) is 6.67. The third kappa shape index (κ3) is 5.47. The van der Waals surface area contributed by atoms with E-state index in [0.29, 0.717) is 11.6 Å². The van der Waals surface area contributed by atoms with Gasteiger partial charge in [0.2, 0.25) is 11.5 Å². The van der Waals surface area contributed by atoms with Crippen LogP contribution >= 0.6 is 11.6 Å². The maximum absolute atomic E-state index is 13.7. The topological polar surface area (TPSA) is 61.4 Å². The molecule has 3 N–H and O–H groups in total. The standard InChI is InChI=1S/C21H19ClF6N2O2/c22-17-9-16(7-6-13(17)10-29-18(31)12-4-5-12)30-11-19(32,21(26,27)28)14-2-1-3-15(8-14)20(23,24)25/h1-3,6-9,12,30,32H,4-5,10-11H2,(H,29,31)/t19-/m0/s1. The highest BCUT2D eigenvalue weighted by atomic mass is 35.5. The lowest BCUT2D eigenvalue weighted by Gasteiger charge is -2.32. The number of rotatable bonds is 7. The lowest BCUT2D eigenvalue weighted by Crippen LogP contribution is -2.48. The van der Waals surface area contributed by atoms with Gasteiger partial charge in [-0.2, -0.15) is 26.3 Å². The van der Waals surface area contributed by atoms with Crippen LogP contribution in [0.5, 0.6) is 0 Å². The van der Waals surface area contributed by atoms with E-state index in [-0.39, 0.29) is 35.1 Å². The van der Waals surface area contributed by atoms with Gasteiger partial charge in [0.05, 0.1) is 12.1 Å². The van der Waals surface area contributed by atoms with Crippen LogP contribution in [0.25, 0.3) is 0 Å². The lowest BCUT2D eigenvalue weighted by molar-refractivity contribution is -0.260. The van der Waals surface area contributed by atoms with Crippen LogP contribution in [0.2, 0.25) is 5.02 Å². The first-order valence-electron chi connectivity index (χ1n) is 9.58. The number of halogens is 7. The summed E-state index contributed by atoms with van der Waals surface area (Å²) in [5, 5.41) is 15.6. The Morgan fingerprint density at radius 3 is 2.25 bits per heavy atom. The molecule has 3 rings (SSSR count). The number of anilines is 1. The molecule has 2 aromatic rings. The molecule has 1 fully saturated rings. The van der Waals surface area contributed by atoms with Crippen molar-refractivity contribution >= 4 is 23.2 Å². The van der Waals surface area contributed by atoms with E-state index in [9.17, 15) is 36.2 Å². The van der Waals surface area contributed by atoms with Gasteiger partial charge in [0.1, 0.15) is 0 Å². The number of nitrogens with one attached hydrogen (secondary N) is 2. The summed E-state index contributed by atoms with van der Waals surface area (Å²) in [7, 11) is 0. The molecule has 1 aliphatic rings. The molecule has 0 unspecified atom stereocenters. The van der Waals surface area contributed by atoms with Gasteiger partial charge in [0.15, 0.2) is 0 Å². The van der Waals surface area contributed by atoms with Crippen molar-refractivity contribution < 1.29 is 36.2 Å². The SMILES string of the molecule is O=C(NCc1ccc(NC[C@](O)(c2cccc(C(F)(F)F)c2)C(F)(F)F)cc1Cl)C1CC1. The van der Waals surface area contributed by atoms with Crippen LogP contribution in [0.4, 0.5) is 32.0 Å². The fourth-order valence-corrected chi connectivity index (χ4v) is 3.27. The Labute approximate surface area is 184 Å². The number of hydrogen-bond acceptors (Lipinski definition) is 3. The van der Waals surface area contributed by atoms with E-state index in [1.165, 1.54) is 18.2 Å². The zero-order valence-corrected chi connectivity index (χ0v) is 17.2.